The zero-order chi connectivity index (χ0) is 14.0. The summed E-state index contributed by atoms with van der Waals surface area (Å²) in [6.07, 6.45) is 2.97. The highest BCUT2D eigenvalue weighted by molar-refractivity contribution is 5.77. The molecule has 0 amide bonds. The van der Waals surface area contributed by atoms with Crippen molar-refractivity contribution >= 4 is 5.97 Å². The van der Waals surface area contributed by atoms with Crippen LogP contribution in [0.15, 0.2) is 24.7 Å². The molecule has 0 fully saturated rings. The highest BCUT2D eigenvalue weighted by Crippen LogP contribution is 2.29. The van der Waals surface area contributed by atoms with E-state index < -0.39 is 5.97 Å². The number of benzene rings is 1. The highest BCUT2D eigenvalue weighted by atomic mass is 16.4. The molecular formula is C15H16N2O2. The smallest absolute Gasteiger partial charge is 0.307 e. The number of rotatable bonds is 3. The van der Waals surface area contributed by atoms with Crippen LogP contribution < -0.4 is 0 Å². The van der Waals surface area contributed by atoms with Crippen LogP contribution in [0.1, 0.15) is 22.3 Å². The summed E-state index contributed by atoms with van der Waals surface area (Å²) in [7, 11) is 0. The number of hydrogen-bond acceptors (Lipinski definition) is 3. The molecule has 98 valence electrons. The van der Waals surface area contributed by atoms with Gasteiger partial charge >= 0.3 is 5.97 Å². The van der Waals surface area contributed by atoms with Crippen LogP contribution in [0.2, 0.25) is 0 Å². The first-order valence-electron chi connectivity index (χ1n) is 6.08. The van der Waals surface area contributed by atoms with Crippen molar-refractivity contribution < 1.29 is 9.90 Å². The van der Waals surface area contributed by atoms with Gasteiger partial charge in [-0.1, -0.05) is 17.7 Å². The van der Waals surface area contributed by atoms with E-state index in [4.69, 9.17) is 5.11 Å². The molecule has 0 aliphatic rings. The molecule has 0 saturated carbocycles. The minimum absolute atomic E-state index is 0.0665. The fourth-order valence-electron chi connectivity index (χ4n) is 2.43. The fraction of sp³-hybridized carbons (Fsp3) is 0.267. The van der Waals surface area contributed by atoms with Gasteiger partial charge in [-0.2, -0.15) is 0 Å². The van der Waals surface area contributed by atoms with E-state index in [1.165, 1.54) is 11.9 Å². The first kappa shape index (κ1) is 13.2. The van der Waals surface area contributed by atoms with Gasteiger partial charge in [-0.15, -0.1) is 0 Å². The molecule has 0 bridgehead atoms. The molecule has 0 atom stereocenters. The molecule has 0 saturated heterocycles. The van der Waals surface area contributed by atoms with Crippen LogP contribution in [-0.2, 0) is 11.2 Å². The molecule has 1 aromatic heterocycles. The van der Waals surface area contributed by atoms with E-state index in [2.05, 4.69) is 22.1 Å². The lowest BCUT2D eigenvalue weighted by Crippen LogP contribution is -2.05. The molecule has 0 radical (unpaired) electrons. The van der Waals surface area contributed by atoms with E-state index in [0.717, 1.165) is 16.7 Å². The number of aromatic nitrogens is 2. The Morgan fingerprint density at radius 1 is 1.21 bits per heavy atom. The second-order valence-electron chi connectivity index (χ2n) is 4.74. The standard InChI is InChI=1S/C15H16N2O2/c1-9-4-10(2)14(11(3)5-9)15-12(6-13(18)19)7-16-8-17-15/h4-5,7-8H,6H2,1-3H3,(H,18,19). The quantitative estimate of drug-likeness (QED) is 0.917. The maximum Gasteiger partial charge on any atom is 0.307 e. The van der Waals surface area contributed by atoms with Crippen LogP contribution in [0.25, 0.3) is 11.3 Å². The van der Waals surface area contributed by atoms with Gasteiger partial charge in [-0.3, -0.25) is 4.79 Å². The summed E-state index contributed by atoms with van der Waals surface area (Å²) in [4.78, 5) is 19.1. The van der Waals surface area contributed by atoms with Gasteiger partial charge < -0.3 is 5.11 Å². The van der Waals surface area contributed by atoms with E-state index in [1.54, 1.807) is 6.20 Å². The second kappa shape index (κ2) is 5.18. The lowest BCUT2D eigenvalue weighted by Gasteiger charge is -2.13. The van der Waals surface area contributed by atoms with E-state index in [0.29, 0.717) is 11.3 Å². The number of carboxylic acid groups (broad SMARTS) is 1. The summed E-state index contributed by atoms with van der Waals surface area (Å²) in [6, 6.07) is 4.16. The molecule has 0 aliphatic carbocycles. The maximum atomic E-state index is 10.9. The number of carboxylic acids is 1. The fourth-order valence-corrected chi connectivity index (χ4v) is 2.43. The van der Waals surface area contributed by atoms with Gasteiger partial charge in [0.1, 0.15) is 6.33 Å². The number of nitrogens with zero attached hydrogens (tertiary/aromatic N) is 2. The van der Waals surface area contributed by atoms with E-state index in [9.17, 15) is 4.79 Å². The van der Waals surface area contributed by atoms with Gasteiger partial charge in [0.15, 0.2) is 0 Å². The van der Waals surface area contributed by atoms with E-state index in [1.807, 2.05) is 20.8 Å². The Labute approximate surface area is 112 Å². The van der Waals surface area contributed by atoms with Gasteiger partial charge in [-0.25, -0.2) is 9.97 Å². The Morgan fingerprint density at radius 3 is 2.42 bits per heavy atom. The predicted octanol–water partition coefficient (Wildman–Crippen LogP) is 2.70. The van der Waals surface area contributed by atoms with Crippen LogP contribution in [0.3, 0.4) is 0 Å². The zero-order valence-electron chi connectivity index (χ0n) is 11.3. The Kier molecular flexibility index (Phi) is 3.60. The molecule has 1 N–H and O–H groups in total. The molecule has 1 heterocycles. The third-order valence-electron chi connectivity index (χ3n) is 3.04. The first-order chi connectivity index (χ1) is 8.99. The molecule has 19 heavy (non-hydrogen) atoms. The van der Waals surface area contributed by atoms with Crippen molar-refractivity contribution in [2.45, 2.75) is 27.2 Å². The van der Waals surface area contributed by atoms with Crippen molar-refractivity contribution in [3.63, 3.8) is 0 Å². The number of aliphatic carboxylic acids is 1. The summed E-state index contributed by atoms with van der Waals surface area (Å²) < 4.78 is 0. The number of carbonyl (C=O) groups is 1. The van der Waals surface area contributed by atoms with Crippen molar-refractivity contribution in [3.8, 4) is 11.3 Å². The van der Waals surface area contributed by atoms with Crippen molar-refractivity contribution in [1.82, 2.24) is 9.97 Å². The largest absolute Gasteiger partial charge is 0.481 e. The molecule has 4 heteroatoms. The van der Waals surface area contributed by atoms with Crippen LogP contribution in [0.5, 0.6) is 0 Å². The third kappa shape index (κ3) is 2.78. The van der Waals surface area contributed by atoms with Crippen LogP contribution >= 0.6 is 0 Å². The average molecular weight is 256 g/mol. The van der Waals surface area contributed by atoms with Gasteiger partial charge in [0.2, 0.25) is 0 Å². The van der Waals surface area contributed by atoms with E-state index in [-0.39, 0.29) is 6.42 Å². The second-order valence-corrected chi connectivity index (χ2v) is 4.74. The molecular weight excluding hydrogens is 240 g/mol. The summed E-state index contributed by atoms with van der Waals surface area (Å²) in [6.45, 7) is 6.08. The Balaban J connectivity index is 2.62. The predicted molar refractivity (Wildman–Crippen MR) is 73.0 cm³/mol. The van der Waals surface area contributed by atoms with Crippen LogP contribution in [0.4, 0.5) is 0 Å². The normalized spacial score (nSPS) is 10.5. The van der Waals surface area contributed by atoms with Gasteiger partial charge in [0, 0.05) is 17.3 Å². The minimum atomic E-state index is -0.876. The van der Waals surface area contributed by atoms with Gasteiger partial charge in [-0.05, 0) is 31.9 Å². The molecule has 1 aromatic carbocycles. The van der Waals surface area contributed by atoms with Crippen LogP contribution in [-0.4, -0.2) is 21.0 Å². The van der Waals surface area contributed by atoms with Crippen molar-refractivity contribution in [2.24, 2.45) is 0 Å². The minimum Gasteiger partial charge on any atom is -0.481 e. The summed E-state index contributed by atoms with van der Waals surface area (Å²) in [5.74, 6) is -0.876. The first-order valence-corrected chi connectivity index (χ1v) is 6.08. The van der Waals surface area contributed by atoms with Crippen LogP contribution in [0, 0.1) is 20.8 Å². The highest BCUT2D eigenvalue weighted by Gasteiger charge is 2.14. The summed E-state index contributed by atoms with van der Waals surface area (Å²) in [5, 5.41) is 8.97. The monoisotopic (exact) mass is 256 g/mol. The lowest BCUT2D eigenvalue weighted by molar-refractivity contribution is -0.136. The topological polar surface area (TPSA) is 63.1 Å². The van der Waals surface area contributed by atoms with E-state index >= 15 is 0 Å². The Bertz CT molecular complexity index is 613. The molecule has 2 rings (SSSR count). The Morgan fingerprint density at radius 2 is 1.84 bits per heavy atom. The van der Waals surface area contributed by atoms with Gasteiger partial charge in [0.25, 0.3) is 0 Å². The zero-order valence-corrected chi connectivity index (χ0v) is 11.3. The molecule has 0 spiro atoms. The summed E-state index contributed by atoms with van der Waals surface area (Å²) >= 11 is 0. The van der Waals surface area contributed by atoms with Crippen molar-refractivity contribution in [3.05, 3.63) is 46.9 Å². The van der Waals surface area contributed by atoms with Crippen molar-refractivity contribution in [2.75, 3.05) is 0 Å². The molecule has 0 unspecified atom stereocenters. The SMILES string of the molecule is Cc1cc(C)c(-c2ncncc2CC(=O)O)c(C)c1. The number of aryl methyl sites for hydroxylation is 3. The Hall–Kier alpha value is -2.23. The number of hydrogen-bond donors (Lipinski definition) is 1. The summed E-state index contributed by atoms with van der Waals surface area (Å²) in [5.41, 5.74) is 5.75. The maximum absolute atomic E-state index is 10.9. The molecule has 4 nitrogen and oxygen atoms in total. The average Bonchev–Trinajstić information content (AvgIpc) is 2.29. The lowest BCUT2D eigenvalue weighted by atomic mass is 9.94. The molecule has 0 aliphatic heterocycles. The third-order valence-corrected chi connectivity index (χ3v) is 3.04. The van der Waals surface area contributed by atoms with Crippen molar-refractivity contribution in [1.29, 1.82) is 0 Å². The molecule has 2 aromatic rings. The van der Waals surface area contributed by atoms with Gasteiger partial charge in [0.05, 0.1) is 12.1 Å².